The molecule has 0 amide bonds. The van der Waals surface area contributed by atoms with Crippen LogP contribution in [-0.4, -0.2) is 14.0 Å². The summed E-state index contributed by atoms with van der Waals surface area (Å²) in [6.45, 7) is 13.9. The van der Waals surface area contributed by atoms with Crippen LogP contribution in [0.3, 0.4) is 0 Å². The van der Waals surface area contributed by atoms with Crippen LogP contribution in [0.5, 0.6) is 0 Å². The molecule has 1 N–H and O–H groups in total. The van der Waals surface area contributed by atoms with Crippen LogP contribution >= 0.6 is 0 Å². The molecule has 0 aromatic heterocycles. The molecule has 0 bridgehead atoms. The lowest BCUT2D eigenvalue weighted by atomic mass is 10.1. The Morgan fingerprint density at radius 2 is 1.62 bits per heavy atom. The molecule has 0 unspecified atom stereocenters. The molecule has 0 saturated carbocycles. The Morgan fingerprint density at radius 3 is 1.85 bits per heavy atom. The van der Waals surface area contributed by atoms with Gasteiger partial charge >= 0.3 is 0 Å². The average Bonchev–Trinajstić information content (AvgIpc) is 1.80. The molecule has 0 atom stereocenters. The van der Waals surface area contributed by atoms with Crippen LogP contribution in [0.2, 0.25) is 0 Å². The molecular weight excluding hydrogens is 186 g/mol. The summed E-state index contributed by atoms with van der Waals surface area (Å²) in [7, 11) is -3.46. The number of allylic oxidation sites excluding steroid dienone is 1. The zero-order chi connectivity index (χ0) is 10.9. The molecule has 13 heavy (non-hydrogen) atoms. The van der Waals surface area contributed by atoms with Gasteiger partial charge in [0.1, 0.15) is 0 Å². The monoisotopic (exact) mass is 203 g/mol. The quantitative estimate of drug-likeness (QED) is 0.711. The maximum absolute atomic E-state index is 11.5. The van der Waals surface area contributed by atoms with Gasteiger partial charge in [0.2, 0.25) is 10.0 Å². The Labute approximate surface area is 80.6 Å². The van der Waals surface area contributed by atoms with Crippen molar-refractivity contribution in [2.75, 3.05) is 0 Å². The second-order valence-electron chi connectivity index (χ2n) is 4.06. The van der Waals surface area contributed by atoms with Gasteiger partial charge in [0.25, 0.3) is 0 Å². The van der Waals surface area contributed by atoms with E-state index in [2.05, 4.69) is 17.9 Å². The lowest BCUT2D eigenvalue weighted by Crippen LogP contribution is -2.41. The normalized spacial score (nSPS) is 12.6. The van der Waals surface area contributed by atoms with Crippen LogP contribution in [0.1, 0.15) is 27.7 Å². The molecule has 0 radical (unpaired) electrons. The highest BCUT2D eigenvalue weighted by atomic mass is 32.2. The summed E-state index contributed by atoms with van der Waals surface area (Å²) in [6, 6.07) is 0. The molecule has 0 aliphatic heterocycles. The Morgan fingerprint density at radius 1 is 1.23 bits per heavy atom. The van der Waals surface area contributed by atoms with E-state index in [0.29, 0.717) is 5.57 Å². The lowest BCUT2D eigenvalue weighted by molar-refractivity contribution is 0.495. The van der Waals surface area contributed by atoms with Gasteiger partial charge in [0, 0.05) is 5.54 Å². The first kappa shape index (κ1) is 12.4. The fourth-order valence-electron chi connectivity index (χ4n) is 0.694. The van der Waals surface area contributed by atoms with Crippen molar-refractivity contribution in [2.24, 2.45) is 0 Å². The molecule has 0 fully saturated rings. The molecule has 76 valence electrons. The first-order chi connectivity index (χ1) is 5.56. The molecule has 0 aliphatic carbocycles. The van der Waals surface area contributed by atoms with Gasteiger partial charge in [-0.2, -0.15) is 0 Å². The molecule has 0 aromatic carbocycles. The van der Waals surface area contributed by atoms with Gasteiger partial charge in [0.05, 0.1) is 4.91 Å². The SMILES string of the molecule is C=C(C)C(=C)S(=O)(=O)NC(C)(C)C. The van der Waals surface area contributed by atoms with Crippen LogP contribution in [-0.2, 0) is 10.0 Å². The highest BCUT2D eigenvalue weighted by Gasteiger charge is 2.22. The Kier molecular flexibility index (Phi) is 3.47. The van der Waals surface area contributed by atoms with Crippen molar-refractivity contribution in [1.82, 2.24) is 4.72 Å². The number of nitrogens with one attached hydrogen (secondary N) is 1. The lowest BCUT2D eigenvalue weighted by Gasteiger charge is -2.21. The smallest absolute Gasteiger partial charge is 0.207 e. The molecule has 0 spiro atoms. The molecule has 0 saturated heterocycles. The van der Waals surface area contributed by atoms with Gasteiger partial charge in [-0.15, -0.1) is 0 Å². The first-order valence-electron chi connectivity index (χ1n) is 3.95. The maximum atomic E-state index is 11.5. The largest absolute Gasteiger partial charge is 0.240 e. The summed E-state index contributed by atoms with van der Waals surface area (Å²) >= 11 is 0. The zero-order valence-electron chi connectivity index (χ0n) is 8.64. The summed E-state index contributed by atoms with van der Waals surface area (Å²) < 4.78 is 25.5. The van der Waals surface area contributed by atoms with E-state index < -0.39 is 15.6 Å². The van der Waals surface area contributed by atoms with Crippen molar-refractivity contribution in [1.29, 1.82) is 0 Å². The molecular formula is C9H17NO2S. The molecule has 0 aliphatic rings. The van der Waals surface area contributed by atoms with E-state index in [9.17, 15) is 8.42 Å². The van der Waals surface area contributed by atoms with Crippen LogP contribution in [0.4, 0.5) is 0 Å². The number of hydrogen-bond donors (Lipinski definition) is 1. The highest BCUT2D eigenvalue weighted by molar-refractivity contribution is 7.93. The van der Waals surface area contributed by atoms with Gasteiger partial charge in [-0.3, -0.25) is 0 Å². The van der Waals surface area contributed by atoms with Crippen LogP contribution in [0.25, 0.3) is 0 Å². The van der Waals surface area contributed by atoms with E-state index in [1.165, 1.54) is 0 Å². The minimum Gasteiger partial charge on any atom is -0.207 e. The van der Waals surface area contributed by atoms with Crippen molar-refractivity contribution in [3.8, 4) is 0 Å². The van der Waals surface area contributed by atoms with Crippen molar-refractivity contribution < 1.29 is 8.42 Å². The molecule has 0 aromatic rings. The van der Waals surface area contributed by atoms with E-state index in [-0.39, 0.29) is 4.91 Å². The fraction of sp³-hybridized carbons (Fsp3) is 0.556. The third-order valence-corrected chi connectivity index (χ3v) is 3.12. The Balaban J connectivity index is 4.82. The van der Waals surface area contributed by atoms with Crippen molar-refractivity contribution >= 4 is 10.0 Å². The van der Waals surface area contributed by atoms with Gasteiger partial charge in [-0.1, -0.05) is 13.2 Å². The van der Waals surface area contributed by atoms with E-state index in [4.69, 9.17) is 0 Å². The Bertz CT molecular complexity index is 320. The summed E-state index contributed by atoms with van der Waals surface area (Å²) in [5.74, 6) is 0. The third kappa shape index (κ3) is 4.24. The number of sulfonamides is 1. The Hall–Kier alpha value is -0.610. The minimum atomic E-state index is -3.46. The first-order valence-corrected chi connectivity index (χ1v) is 5.43. The van der Waals surface area contributed by atoms with Gasteiger partial charge in [0.15, 0.2) is 0 Å². The standard InChI is InChI=1S/C9H17NO2S/c1-7(2)8(3)13(11,12)10-9(4,5)6/h10H,1,3H2,2,4-6H3. The van der Waals surface area contributed by atoms with Crippen LogP contribution in [0.15, 0.2) is 23.6 Å². The average molecular weight is 203 g/mol. The van der Waals surface area contributed by atoms with Crippen molar-refractivity contribution in [3.63, 3.8) is 0 Å². The minimum absolute atomic E-state index is 0.0439. The second kappa shape index (κ2) is 3.64. The summed E-state index contributed by atoms with van der Waals surface area (Å²) in [4.78, 5) is 0.0439. The van der Waals surface area contributed by atoms with Crippen LogP contribution in [0, 0.1) is 0 Å². The van der Waals surface area contributed by atoms with Gasteiger partial charge in [-0.25, -0.2) is 13.1 Å². The highest BCUT2D eigenvalue weighted by Crippen LogP contribution is 2.14. The molecule has 4 heteroatoms. The summed E-state index contributed by atoms with van der Waals surface area (Å²) in [5.41, 5.74) is -0.0335. The molecule has 0 heterocycles. The predicted octanol–water partition coefficient (Wildman–Crippen LogP) is 1.79. The fourth-order valence-corrected chi connectivity index (χ4v) is 2.08. The predicted molar refractivity (Wildman–Crippen MR) is 55.8 cm³/mol. The second-order valence-corrected chi connectivity index (χ2v) is 5.76. The van der Waals surface area contributed by atoms with E-state index in [0.717, 1.165) is 0 Å². The van der Waals surface area contributed by atoms with Gasteiger partial charge < -0.3 is 0 Å². The number of rotatable bonds is 3. The zero-order valence-corrected chi connectivity index (χ0v) is 9.46. The van der Waals surface area contributed by atoms with Crippen LogP contribution < -0.4 is 4.72 Å². The van der Waals surface area contributed by atoms with E-state index in [1.54, 1.807) is 27.7 Å². The molecule has 3 nitrogen and oxygen atoms in total. The van der Waals surface area contributed by atoms with E-state index >= 15 is 0 Å². The van der Waals surface area contributed by atoms with Crippen molar-refractivity contribution in [2.45, 2.75) is 33.2 Å². The topological polar surface area (TPSA) is 46.2 Å². The maximum Gasteiger partial charge on any atom is 0.240 e. The molecule has 0 rings (SSSR count). The van der Waals surface area contributed by atoms with Crippen molar-refractivity contribution in [3.05, 3.63) is 23.6 Å². The van der Waals surface area contributed by atoms with E-state index in [1.807, 2.05) is 0 Å². The third-order valence-electron chi connectivity index (χ3n) is 1.24. The van der Waals surface area contributed by atoms with Gasteiger partial charge in [-0.05, 0) is 33.3 Å². The summed E-state index contributed by atoms with van der Waals surface area (Å²) in [6.07, 6.45) is 0. The summed E-state index contributed by atoms with van der Waals surface area (Å²) in [5, 5.41) is 0. The number of hydrogen-bond acceptors (Lipinski definition) is 2.